The van der Waals surface area contributed by atoms with Crippen LogP contribution in [0.3, 0.4) is 0 Å². The van der Waals surface area contributed by atoms with Gasteiger partial charge in [-0.15, -0.1) is 0 Å². The lowest BCUT2D eigenvalue weighted by atomic mass is 9.92. The lowest BCUT2D eigenvalue weighted by Gasteiger charge is -2.32. The minimum atomic E-state index is -0.0682. The molecule has 1 aromatic carbocycles. The van der Waals surface area contributed by atoms with Gasteiger partial charge in [0.05, 0.1) is 0 Å². The van der Waals surface area contributed by atoms with Crippen LogP contribution in [0.1, 0.15) is 62.9 Å². The lowest BCUT2D eigenvalue weighted by molar-refractivity contribution is 0.0846. The van der Waals surface area contributed by atoms with Crippen molar-refractivity contribution in [1.82, 2.24) is 15.0 Å². The molecule has 0 bridgehead atoms. The minimum absolute atomic E-state index is 0.0682. The largest absolute Gasteiger partial charge is 0.488 e. The van der Waals surface area contributed by atoms with E-state index < -0.39 is 0 Å². The summed E-state index contributed by atoms with van der Waals surface area (Å²) < 4.78 is 6.07. The Morgan fingerprint density at radius 1 is 1.27 bits per heavy atom. The summed E-state index contributed by atoms with van der Waals surface area (Å²) in [6.45, 7) is 6.42. The summed E-state index contributed by atoms with van der Waals surface area (Å²) in [5.74, 6) is 3.17. The molecule has 138 valence electrons. The van der Waals surface area contributed by atoms with E-state index in [0.29, 0.717) is 17.8 Å². The fraction of sp³-hybridized carbons (Fsp3) is 0.550. The van der Waals surface area contributed by atoms with Crippen LogP contribution in [0.4, 0.5) is 11.9 Å². The molecule has 6 nitrogen and oxygen atoms in total. The molecule has 1 aromatic heterocycles. The van der Waals surface area contributed by atoms with Crippen LogP contribution in [0, 0.1) is 0 Å². The summed E-state index contributed by atoms with van der Waals surface area (Å²) >= 11 is 0. The van der Waals surface area contributed by atoms with E-state index in [-0.39, 0.29) is 11.6 Å². The number of nitrogen functional groups attached to an aromatic ring is 1. The summed E-state index contributed by atoms with van der Waals surface area (Å²) in [4.78, 5) is 13.0. The predicted octanol–water partition coefficient (Wildman–Crippen LogP) is 3.48. The molecule has 1 fully saturated rings. The second kappa shape index (κ2) is 6.41. The molecule has 2 aliphatic rings. The van der Waals surface area contributed by atoms with E-state index in [4.69, 9.17) is 10.5 Å². The summed E-state index contributed by atoms with van der Waals surface area (Å²) in [5, 5.41) is 3.37. The molecule has 0 spiro atoms. The first-order valence-electron chi connectivity index (χ1n) is 9.47. The van der Waals surface area contributed by atoms with Gasteiger partial charge in [-0.1, -0.05) is 12.1 Å². The Balaban J connectivity index is 1.43. The number of fused-ring (bicyclic) bond motifs is 1. The molecular formula is C20H27N5O. The van der Waals surface area contributed by atoms with Gasteiger partial charge in [0.25, 0.3) is 0 Å². The van der Waals surface area contributed by atoms with Gasteiger partial charge in [-0.3, -0.25) is 0 Å². The highest BCUT2D eigenvalue weighted by molar-refractivity contribution is 5.40. The topological polar surface area (TPSA) is 86.0 Å². The number of rotatable bonds is 5. The SMILES string of the molecule is C[C@H](Cc1ccc2c(c1)CCC(C)(C)O2)Nc1nc(N)nc(C2CC2)n1. The first-order chi connectivity index (χ1) is 12.4. The number of aromatic nitrogens is 3. The molecule has 1 saturated carbocycles. The fourth-order valence-corrected chi connectivity index (χ4v) is 3.46. The van der Waals surface area contributed by atoms with E-state index >= 15 is 0 Å². The Labute approximate surface area is 154 Å². The molecule has 6 heteroatoms. The van der Waals surface area contributed by atoms with Crippen LogP contribution >= 0.6 is 0 Å². The molecule has 1 atom stereocenters. The first kappa shape index (κ1) is 17.1. The minimum Gasteiger partial charge on any atom is -0.488 e. The Hall–Kier alpha value is -2.37. The third kappa shape index (κ3) is 3.89. The Kier molecular flexibility index (Phi) is 4.21. The van der Waals surface area contributed by atoms with Crippen molar-refractivity contribution in [3.63, 3.8) is 0 Å². The molecule has 2 heterocycles. The molecule has 26 heavy (non-hydrogen) atoms. The lowest BCUT2D eigenvalue weighted by Crippen LogP contribution is -2.32. The monoisotopic (exact) mass is 353 g/mol. The highest BCUT2D eigenvalue weighted by atomic mass is 16.5. The van der Waals surface area contributed by atoms with Crippen LogP contribution in [0.2, 0.25) is 0 Å². The zero-order valence-corrected chi connectivity index (χ0v) is 15.7. The Bertz CT molecular complexity index is 816. The zero-order valence-electron chi connectivity index (χ0n) is 15.7. The van der Waals surface area contributed by atoms with Gasteiger partial charge in [-0.05, 0) is 70.1 Å². The Morgan fingerprint density at radius 2 is 2.08 bits per heavy atom. The van der Waals surface area contributed by atoms with Crippen LogP contribution in [0.25, 0.3) is 0 Å². The molecule has 4 rings (SSSR count). The van der Waals surface area contributed by atoms with E-state index in [1.54, 1.807) is 0 Å². The maximum atomic E-state index is 6.07. The highest BCUT2D eigenvalue weighted by Gasteiger charge is 2.28. The maximum absolute atomic E-state index is 6.07. The summed E-state index contributed by atoms with van der Waals surface area (Å²) in [7, 11) is 0. The quantitative estimate of drug-likeness (QED) is 0.856. The van der Waals surface area contributed by atoms with Crippen molar-refractivity contribution in [2.24, 2.45) is 0 Å². The number of aryl methyl sites for hydroxylation is 1. The number of nitrogens with two attached hydrogens (primary N) is 1. The van der Waals surface area contributed by atoms with E-state index in [2.05, 4.69) is 59.2 Å². The van der Waals surface area contributed by atoms with Crippen molar-refractivity contribution in [2.75, 3.05) is 11.1 Å². The average Bonchev–Trinajstić information content (AvgIpc) is 3.38. The zero-order chi connectivity index (χ0) is 18.3. The molecule has 3 N–H and O–H groups in total. The van der Waals surface area contributed by atoms with Crippen LogP contribution in [-0.4, -0.2) is 26.6 Å². The molecule has 0 saturated heterocycles. The maximum Gasteiger partial charge on any atom is 0.227 e. The number of hydrogen-bond donors (Lipinski definition) is 2. The van der Waals surface area contributed by atoms with E-state index in [1.165, 1.54) is 11.1 Å². The molecule has 2 aromatic rings. The van der Waals surface area contributed by atoms with Crippen molar-refractivity contribution < 1.29 is 4.74 Å². The van der Waals surface area contributed by atoms with Gasteiger partial charge < -0.3 is 15.8 Å². The molecular weight excluding hydrogens is 326 g/mol. The number of benzene rings is 1. The van der Waals surface area contributed by atoms with Crippen molar-refractivity contribution in [1.29, 1.82) is 0 Å². The number of ether oxygens (including phenoxy) is 1. The second-order valence-electron chi connectivity index (χ2n) is 8.20. The molecule has 0 radical (unpaired) electrons. The van der Waals surface area contributed by atoms with Gasteiger partial charge in [0.2, 0.25) is 11.9 Å². The number of hydrogen-bond acceptors (Lipinski definition) is 6. The predicted molar refractivity (Wildman–Crippen MR) is 102 cm³/mol. The summed E-state index contributed by atoms with van der Waals surface area (Å²) in [5.41, 5.74) is 8.36. The summed E-state index contributed by atoms with van der Waals surface area (Å²) in [6.07, 6.45) is 5.29. The van der Waals surface area contributed by atoms with Crippen LogP contribution in [0.5, 0.6) is 5.75 Å². The molecule has 1 aliphatic carbocycles. The highest BCUT2D eigenvalue weighted by Crippen LogP contribution is 2.38. The number of nitrogens with one attached hydrogen (secondary N) is 1. The van der Waals surface area contributed by atoms with Gasteiger partial charge in [0, 0.05) is 12.0 Å². The van der Waals surface area contributed by atoms with Crippen LogP contribution in [0.15, 0.2) is 18.2 Å². The van der Waals surface area contributed by atoms with Crippen LogP contribution in [-0.2, 0) is 12.8 Å². The molecule has 0 unspecified atom stereocenters. The fourth-order valence-electron chi connectivity index (χ4n) is 3.46. The van der Waals surface area contributed by atoms with Crippen molar-refractivity contribution >= 4 is 11.9 Å². The van der Waals surface area contributed by atoms with Crippen molar-refractivity contribution in [3.8, 4) is 5.75 Å². The standard InChI is InChI=1S/C20H27N5O/c1-12(22-19-24-17(14-5-6-14)23-18(21)25-19)10-13-4-7-16-15(11-13)8-9-20(2,3)26-16/h4,7,11-12,14H,5-6,8-10H2,1-3H3,(H3,21,22,23,24,25)/t12-/m1/s1. The first-order valence-corrected chi connectivity index (χ1v) is 9.47. The van der Waals surface area contributed by atoms with Gasteiger partial charge in [0.15, 0.2) is 0 Å². The third-order valence-electron chi connectivity index (χ3n) is 5.04. The second-order valence-corrected chi connectivity index (χ2v) is 8.20. The summed E-state index contributed by atoms with van der Waals surface area (Å²) in [6, 6.07) is 6.71. The van der Waals surface area contributed by atoms with E-state index in [0.717, 1.165) is 43.7 Å². The van der Waals surface area contributed by atoms with Gasteiger partial charge in [-0.2, -0.15) is 15.0 Å². The third-order valence-corrected chi connectivity index (χ3v) is 5.04. The van der Waals surface area contributed by atoms with E-state index in [1.807, 2.05) is 0 Å². The Morgan fingerprint density at radius 3 is 2.85 bits per heavy atom. The normalized spacial score (nSPS) is 19.3. The number of nitrogens with zero attached hydrogens (tertiary/aromatic N) is 3. The van der Waals surface area contributed by atoms with Gasteiger partial charge in [0.1, 0.15) is 17.2 Å². The molecule has 1 aliphatic heterocycles. The van der Waals surface area contributed by atoms with Crippen molar-refractivity contribution in [3.05, 3.63) is 35.2 Å². The number of anilines is 2. The van der Waals surface area contributed by atoms with Gasteiger partial charge >= 0.3 is 0 Å². The van der Waals surface area contributed by atoms with E-state index in [9.17, 15) is 0 Å². The van der Waals surface area contributed by atoms with Gasteiger partial charge in [-0.25, -0.2) is 0 Å². The molecule has 0 amide bonds. The smallest absolute Gasteiger partial charge is 0.227 e. The average molecular weight is 353 g/mol. The van der Waals surface area contributed by atoms with Crippen molar-refractivity contribution in [2.45, 2.75) is 70.4 Å². The van der Waals surface area contributed by atoms with Crippen LogP contribution < -0.4 is 15.8 Å².